The average Bonchev–Trinajstić information content (AvgIpc) is 3.18. The van der Waals surface area contributed by atoms with Gasteiger partial charge in [0.25, 0.3) is 0 Å². The van der Waals surface area contributed by atoms with Crippen molar-refractivity contribution in [3.05, 3.63) is 35.4 Å². The van der Waals surface area contributed by atoms with E-state index >= 15 is 0 Å². The van der Waals surface area contributed by atoms with Crippen molar-refractivity contribution >= 4 is 17.7 Å². The van der Waals surface area contributed by atoms with Crippen molar-refractivity contribution in [2.45, 2.75) is 26.7 Å². The minimum absolute atomic E-state index is 0.867. The molecule has 0 spiro atoms. The minimum atomic E-state index is -0.910. The van der Waals surface area contributed by atoms with Crippen LogP contribution in [0.4, 0.5) is 5.69 Å². The first-order valence-electron chi connectivity index (χ1n) is 6.86. The van der Waals surface area contributed by atoms with Gasteiger partial charge in [0.15, 0.2) is 0 Å². The van der Waals surface area contributed by atoms with Gasteiger partial charge < -0.3 is 10.0 Å². The molecule has 0 saturated heterocycles. The molecule has 3 heteroatoms. The van der Waals surface area contributed by atoms with E-state index in [9.17, 15) is 4.79 Å². The number of anilines is 1. The molecular weight excluding hydrogens is 238 g/mol. The highest BCUT2D eigenvalue weighted by atomic mass is 16.4. The van der Waals surface area contributed by atoms with Crippen molar-refractivity contribution in [1.82, 2.24) is 0 Å². The molecule has 1 N–H and O–H groups in total. The summed E-state index contributed by atoms with van der Waals surface area (Å²) in [6.45, 7) is 6.35. The Bertz CT molecular complexity index is 490. The van der Waals surface area contributed by atoms with E-state index < -0.39 is 5.97 Å². The number of hydrogen-bond acceptors (Lipinski definition) is 2. The molecule has 0 radical (unpaired) electrons. The van der Waals surface area contributed by atoms with E-state index in [1.807, 2.05) is 13.0 Å². The Morgan fingerprint density at radius 2 is 2.21 bits per heavy atom. The zero-order valence-corrected chi connectivity index (χ0v) is 11.6. The van der Waals surface area contributed by atoms with Crippen LogP contribution in [0.2, 0.25) is 0 Å². The second-order valence-electron chi connectivity index (χ2n) is 5.19. The summed E-state index contributed by atoms with van der Waals surface area (Å²) in [7, 11) is 0. The molecule has 0 aromatic heterocycles. The molecule has 1 aromatic carbocycles. The molecule has 1 saturated carbocycles. The Morgan fingerprint density at radius 1 is 1.47 bits per heavy atom. The van der Waals surface area contributed by atoms with Gasteiger partial charge in [-0.3, -0.25) is 0 Å². The number of hydrogen-bond donors (Lipinski definition) is 1. The van der Waals surface area contributed by atoms with Gasteiger partial charge in [-0.15, -0.1) is 0 Å². The molecule has 0 bridgehead atoms. The molecule has 1 aliphatic carbocycles. The van der Waals surface area contributed by atoms with Crippen molar-refractivity contribution in [2.75, 3.05) is 18.0 Å². The van der Waals surface area contributed by atoms with Crippen molar-refractivity contribution in [2.24, 2.45) is 5.92 Å². The first-order chi connectivity index (χ1) is 9.10. The lowest BCUT2D eigenvalue weighted by Crippen LogP contribution is -2.25. The van der Waals surface area contributed by atoms with Crippen LogP contribution in [0.5, 0.6) is 0 Å². The summed E-state index contributed by atoms with van der Waals surface area (Å²) >= 11 is 0. The average molecular weight is 259 g/mol. The molecule has 102 valence electrons. The fourth-order valence-electron chi connectivity index (χ4n) is 2.23. The number of carbonyl (C=O) groups is 1. The van der Waals surface area contributed by atoms with Gasteiger partial charge in [-0.1, -0.05) is 6.07 Å². The van der Waals surface area contributed by atoms with Crippen LogP contribution >= 0.6 is 0 Å². The summed E-state index contributed by atoms with van der Waals surface area (Å²) in [5, 5.41) is 8.66. The highest BCUT2D eigenvalue weighted by Crippen LogP contribution is 2.31. The van der Waals surface area contributed by atoms with Gasteiger partial charge in [0, 0.05) is 24.9 Å². The predicted molar refractivity (Wildman–Crippen MR) is 78.5 cm³/mol. The summed E-state index contributed by atoms with van der Waals surface area (Å²) < 4.78 is 0. The van der Waals surface area contributed by atoms with E-state index in [-0.39, 0.29) is 0 Å². The van der Waals surface area contributed by atoms with E-state index in [0.29, 0.717) is 0 Å². The molecule has 0 heterocycles. The molecule has 0 unspecified atom stereocenters. The number of carboxylic acid groups (broad SMARTS) is 1. The Labute approximate surface area is 114 Å². The monoisotopic (exact) mass is 259 g/mol. The summed E-state index contributed by atoms with van der Waals surface area (Å²) in [6, 6.07) is 6.23. The summed E-state index contributed by atoms with van der Waals surface area (Å²) in [5.74, 6) is -0.0424. The van der Waals surface area contributed by atoms with Gasteiger partial charge in [0.05, 0.1) is 0 Å². The maximum Gasteiger partial charge on any atom is 0.328 e. The fourth-order valence-corrected chi connectivity index (χ4v) is 2.23. The highest BCUT2D eigenvalue weighted by Gasteiger charge is 2.23. The highest BCUT2D eigenvalue weighted by molar-refractivity contribution is 5.85. The molecule has 1 fully saturated rings. The first-order valence-corrected chi connectivity index (χ1v) is 6.86. The van der Waals surface area contributed by atoms with Gasteiger partial charge in [-0.2, -0.15) is 0 Å². The van der Waals surface area contributed by atoms with E-state index in [1.54, 1.807) is 6.08 Å². The molecular formula is C16H21NO2. The summed E-state index contributed by atoms with van der Waals surface area (Å²) in [4.78, 5) is 12.9. The molecule has 19 heavy (non-hydrogen) atoms. The Kier molecular flexibility index (Phi) is 4.25. The number of aryl methyl sites for hydroxylation is 1. The second kappa shape index (κ2) is 5.91. The summed E-state index contributed by atoms with van der Waals surface area (Å²) in [5.41, 5.74) is 3.32. The molecule has 0 amide bonds. The van der Waals surface area contributed by atoms with Crippen molar-refractivity contribution in [1.29, 1.82) is 0 Å². The number of carboxylic acids is 1. The van der Waals surface area contributed by atoms with Crippen molar-refractivity contribution in [3.8, 4) is 0 Å². The quantitative estimate of drug-likeness (QED) is 0.797. The predicted octanol–water partition coefficient (Wildman–Crippen LogP) is 3.33. The van der Waals surface area contributed by atoms with Gasteiger partial charge >= 0.3 is 5.97 Å². The van der Waals surface area contributed by atoms with Crippen molar-refractivity contribution in [3.63, 3.8) is 0 Å². The van der Waals surface area contributed by atoms with Crippen molar-refractivity contribution < 1.29 is 9.90 Å². The molecule has 3 nitrogen and oxygen atoms in total. The third-order valence-corrected chi connectivity index (χ3v) is 3.58. The number of nitrogens with zero attached hydrogens (tertiary/aromatic N) is 1. The van der Waals surface area contributed by atoms with Gasteiger partial charge in [-0.05, 0) is 61.9 Å². The maximum absolute atomic E-state index is 10.5. The normalized spacial score (nSPS) is 14.8. The van der Waals surface area contributed by atoms with Crippen LogP contribution in [0.15, 0.2) is 24.3 Å². The first kappa shape index (κ1) is 13.7. The van der Waals surface area contributed by atoms with Crippen LogP contribution < -0.4 is 4.90 Å². The lowest BCUT2D eigenvalue weighted by Gasteiger charge is -2.23. The topological polar surface area (TPSA) is 40.5 Å². The fraction of sp³-hybridized carbons (Fsp3) is 0.438. The number of aliphatic carboxylic acids is 1. The largest absolute Gasteiger partial charge is 0.478 e. The zero-order chi connectivity index (χ0) is 13.8. The molecule has 0 atom stereocenters. The van der Waals surface area contributed by atoms with Crippen LogP contribution in [-0.4, -0.2) is 24.2 Å². The lowest BCUT2D eigenvalue weighted by molar-refractivity contribution is -0.131. The minimum Gasteiger partial charge on any atom is -0.478 e. The smallest absolute Gasteiger partial charge is 0.328 e. The third kappa shape index (κ3) is 3.85. The number of benzene rings is 1. The van der Waals surface area contributed by atoms with E-state index in [2.05, 4.69) is 24.0 Å². The molecule has 1 aromatic rings. The van der Waals surface area contributed by atoms with Crippen LogP contribution in [0.3, 0.4) is 0 Å². The second-order valence-corrected chi connectivity index (χ2v) is 5.19. The van der Waals surface area contributed by atoms with Gasteiger partial charge in [-0.25, -0.2) is 4.79 Å². The van der Waals surface area contributed by atoms with Crippen LogP contribution in [0, 0.1) is 12.8 Å². The summed E-state index contributed by atoms with van der Waals surface area (Å²) in [6.07, 6.45) is 5.55. The van der Waals surface area contributed by atoms with Gasteiger partial charge in [0.2, 0.25) is 0 Å². The van der Waals surface area contributed by atoms with E-state index in [4.69, 9.17) is 5.11 Å². The van der Waals surface area contributed by atoms with E-state index in [0.717, 1.165) is 30.1 Å². The zero-order valence-electron chi connectivity index (χ0n) is 11.6. The van der Waals surface area contributed by atoms with E-state index in [1.165, 1.54) is 24.6 Å². The molecule has 1 aliphatic rings. The third-order valence-electron chi connectivity index (χ3n) is 3.58. The number of rotatable bonds is 6. The SMILES string of the molecule is CCN(CC1CC1)c1ccc(C=CC(=O)O)c(C)c1. The molecule has 0 aliphatic heterocycles. The Hall–Kier alpha value is -1.77. The van der Waals surface area contributed by atoms with Crippen LogP contribution in [-0.2, 0) is 4.79 Å². The Morgan fingerprint density at radius 3 is 2.74 bits per heavy atom. The van der Waals surface area contributed by atoms with Crippen LogP contribution in [0.1, 0.15) is 30.9 Å². The lowest BCUT2D eigenvalue weighted by atomic mass is 10.1. The standard InChI is InChI=1S/C16H21NO2/c1-3-17(11-13-4-5-13)15-8-6-14(12(2)10-15)7-9-16(18)19/h6-10,13H,3-5,11H2,1-2H3,(H,18,19). The van der Waals surface area contributed by atoms with Gasteiger partial charge in [0.1, 0.15) is 0 Å². The maximum atomic E-state index is 10.5. The Balaban J connectivity index is 2.14. The molecule has 2 rings (SSSR count). The van der Waals surface area contributed by atoms with Crippen LogP contribution in [0.25, 0.3) is 6.08 Å².